The SMILES string of the molecule is Cc1cc2cc(C)c1CCCC(=O)Nc1ccc(S(=O)C3CC3)c(c1)CNC(=O)C2Nc1ccc2c(c1)C(=O)NC2. The summed E-state index contributed by atoms with van der Waals surface area (Å²) >= 11 is 0. The summed E-state index contributed by atoms with van der Waals surface area (Å²) in [5.74, 6) is -0.432. The molecule has 7 rings (SSSR count). The number of amides is 3. The molecule has 0 saturated heterocycles. The molecule has 4 bridgehead atoms. The maximum atomic E-state index is 13.9. The third-order valence-electron chi connectivity index (χ3n) is 8.09. The summed E-state index contributed by atoms with van der Waals surface area (Å²) in [6.07, 6.45) is 3.69. The number of anilines is 2. The van der Waals surface area contributed by atoms with Crippen molar-refractivity contribution in [2.24, 2.45) is 0 Å². The van der Waals surface area contributed by atoms with E-state index in [9.17, 15) is 18.6 Å². The highest BCUT2D eigenvalue weighted by molar-refractivity contribution is 7.86. The minimum Gasteiger partial charge on any atom is -0.370 e. The van der Waals surface area contributed by atoms with Crippen molar-refractivity contribution in [3.63, 3.8) is 0 Å². The number of rotatable bonds is 4. The van der Waals surface area contributed by atoms with Crippen molar-refractivity contribution in [2.45, 2.75) is 75.2 Å². The second kappa shape index (κ2) is 11.1. The minimum atomic E-state index is -1.17. The number of hydrogen-bond donors (Lipinski definition) is 4. The van der Waals surface area contributed by atoms with Crippen LogP contribution in [-0.2, 0) is 39.9 Å². The highest BCUT2D eigenvalue weighted by Gasteiger charge is 2.31. The highest BCUT2D eigenvalue weighted by atomic mass is 32.2. The molecular formula is C32H34N4O4S. The first-order chi connectivity index (χ1) is 19.8. The lowest BCUT2D eigenvalue weighted by Gasteiger charge is -2.23. The molecule has 2 atom stereocenters. The predicted molar refractivity (Wildman–Crippen MR) is 159 cm³/mol. The molecule has 3 aliphatic heterocycles. The highest BCUT2D eigenvalue weighted by Crippen LogP contribution is 2.33. The number of nitrogens with one attached hydrogen (secondary N) is 4. The summed E-state index contributed by atoms with van der Waals surface area (Å²) in [5, 5.41) is 12.4. The molecule has 4 aliphatic rings. The molecule has 0 spiro atoms. The average molecular weight is 571 g/mol. The van der Waals surface area contributed by atoms with Gasteiger partial charge in [-0.25, -0.2) is 0 Å². The molecular weight excluding hydrogens is 536 g/mol. The Hall–Kier alpha value is -3.98. The minimum absolute atomic E-state index is 0.0673. The van der Waals surface area contributed by atoms with Gasteiger partial charge in [0.25, 0.3) is 5.91 Å². The third kappa shape index (κ3) is 5.77. The molecule has 1 saturated carbocycles. The number of aryl methyl sites for hydroxylation is 2. The largest absolute Gasteiger partial charge is 0.370 e. The van der Waals surface area contributed by atoms with Crippen LogP contribution in [-0.4, -0.2) is 27.2 Å². The van der Waals surface area contributed by atoms with Gasteiger partial charge in [0.2, 0.25) is 11.8 Å². The summed E-state index contributed by atoms with van der Waals surface area (Å²) in [4.78, 5) is 39.6. The topological polar surface area (TPSA) is 116 Å². The van der Waals surface area contributed by atoms with E-state index in [0.717, 1.165) is 47.1 Å². The maximum absolute atomic E-state index is 13.9. The van der Waals surface area contributed by atoms with Gasteiger partial charge in [0.15, 0.2) is 0 Å². The first-order valence-electron chi connectivity index (χ1n) is 14.2. The van der Waals surface area contributed by atoms with Crippen LogP contribution in [0.5, 0.6) is 0 Å². The first-order valence-corrected chi connectivity index (χ1v) is 15.4. The van der Waals surface area contributed by atoms with Crippen LogP contribution >= 0.6 is 0 Å². The van der Waals surface area contributed by atoms with E-state index in [1.54, 1.807) is 12.1 Å². The lowest BCUT2D eigenvalue weighted by Crippen LogP contribution is -2.33. The second-order valence-corrected chi connectivity index (χ2v) is 12.9. The molecule has 1 aliphatic carbocycles. The van der Waals surface area contributed by atoms with Crippen LogP contribution in [0.15, 0.2) is 53.4 Å². The molecule has 8 nitrogen and oxygen atoms in total. The zero-order valence-electron chi connectivity index (χ0n) is 23.3. The van der Waals surface area contributed by atoms with Crippen LogP contribution in [0.25, 0.3) is 0 Å². The molecule has 0 radical (unpaired) electrons. The lowest BCUT2D eigenvalue weighted by molar-refractivity contribution is -0.122. The van der Waals surface area contributed by atoms with Gasteiger partial charge in [-0.15, -0.1) is 0 Å². The van der Waals surface area contributed by atoms with Crippen molar-refractivity contribution in [1.82, 2.24) is 10.6 Å². The van der Waals surface area contributed by atoms with E-state index in [1.807, 2.05) is 50.2 Å². The Morgan fingerprint density at radius 1 is 0.854 bits per heavy atom. The van der Waals surface area contributed by atoms with Crippen molar-refractivity contribution in [2.75, 3.05) is 10.6 Å². The van der Waals surface area contributed by atoms with Gasteiger partial charge in [0.05, 0.1) is 10.8 Å². The van der Waals surface area contributed by atoms with Crippen molar-refractivity contribution >= 4 is 39.9 Å². The standard InChI is InChI=1S/C32H34N4O4S/c1-18-12-21-13-19(2)26(18)4-3-5-29(37)35-23-8-11-28(41(40)25-9-10-25)22(14-23)17-34-32(39)30(21)36-24-7-6-20-16-33-31(38)27(20)15-24/h6-8,11-15,25,30,36H,3-5,9-10,16-17H2,1-2H3,(H,33,38)(H,34,39)(H,35,37). The van der Waals surface area contributed by atoms with E-state index in [2.05, 4.69) is 21.3 Å². The summed E-state index contributed by atoms with van der Waals surface area (Å²) in [6.45, 7) is 4.74. The van der Waals surface area contributed by atoms with Gasteiger partial charge in [0.1, 0.15) is 6.04 Å². The predicted octanol–water partition coefficient (Wildman–Crippen LogP) is 4.56. The molecule has 0 aromatic heterocycles. The fraction of sp³-hybridized carbons (Fsp3) is 0.344. The average Bonchev–Trinajstić information content (AvgIpc) is 3.74. The van der Waals surface area contributed by atoms with Gasteiger partial charge in [-0.3, -0.25) is 18.6 Å². The van der Waals surface area contributed by atoms with E-state index in [0.29, 0.717) is 41.2 Å². The van der Waals surface area contributed by atoms with E-state index < -0.39 is 16.8 Å². The van der Waals surface area contributed by atoms with E-state index in [-0.39, 0.29) is 29.5 Å². The van der Waals surface area contributed by atoms with Crippen LogP contribution in [0.3, 0.4) is 0 Å². The Bertz CT molecular complexity index is 1570. The number of hydrogen-bond acceptors (Lipinski definition) is 5. The Kier molecular flexibility index (Phi) is 7.38. The zero-order chi connectivity index (χ0) is 28.7. The summed E-state index contributed by atoms with van der Waals surface area (Å²) in [5.41, 5.74) is 7.69. The molecule has 3 aromatic carbocycles. The maximum Gasteiger partial charge on any atom is 0.251 e. The number of fused-ring (bicyclic) bond motifs is 10. The fourth-order valence-corrected chi connectivity index (χ4v) is 7.26. The van der Waals surface area contributed by atoms with Gasteiger partial charge >= 0.3 is 0 Å². The van der Waals surface area contributed by atoms with Crippen LogP contribution in [0.1, 0.15) is 75.5 Å². The van der Waals surface area contributed by atoms with E-state index in [4.69, 9.17) is 0 Å². The summed E-state index contributed by atoms with van der Waals surface area (Å²) in [6, 6.07) is 14.3. The normalized spacial score (nSPS) is 19.7. The summed E-state index contributed by atoms with van der Waals surface area (Å²) in [7, 11) is -1.17. The lowest BCUT2D eigenvalue weighted by atomic mass is 9.92. The number of carbonyl (C=O) groups is 3. The van der Waals surface area contributed by atoms with Gasteiger partial charge in [-0.2, -0.15) is 0 Å². The molecule has 212 valence electrons. The molecule has 3 amide bonds. The van der Waals surface area contributed by atoms with Crippen LogP contribution in [0.4, 0.5) is 11.4 Å². The molecule has 9 heteroatoms. The Morgan fingerprint density at radius 2 is 1.61 bits per heavy atom. The van der Waals surface area contributed by atoms with Gasteiger partial charge < -0.3 is 21.3 Å². The number of benzene rings is 3. The fourth-order valence-electron chi connectivity index (χ4n) is 5.74. The van der Waals surface area contributed by atoms with Crippen molar-refractivity contribution in [3.05, 3.63) is 87.5 Å². The number of carbonyl (C=O) groups excluding carboxylic acids is 3. The molecule has 41 heavy (non-hydrogen) atoms. The smallest absolute Gasteiger partial charge is 0.251 e. The third-order valence-corrected chi connectivity index (χ3v) is 10.00. The Morgan fingerprint density at radius 3 is 2.37 bits per heavy atom. The first kappa shape index (κ1) is 27.2. The molecule has 3 heterocycles. The molecule has 2 unspecified atom stereocenters. The van der Waals surface area contributed by atoms with Gasteiger partial charge in [-0.05, 0) is 103 Å². The van der Waals surface area contributed by atoms with Crippen molar-refractivity contribution in [1.29, 1.82) is 0 Å². The molecule has 4 N–H and O–H groups in total. The van der Waals surface area contributed by atoms with Gasteiger partial charge in [0, 0.05) is 46.6 Å². The second-order valence-electron chi connectivity index (χ2n) is 11.2. The quantitative estimate of drug-likeness (QED) is 0.367. The van der Waals surface area contributed by atoms with Crippen LogP contribution < -0.4 is 21.3 Å². The van der Waals surface area contributed by atoms with Crippen LogP contribution in [0.2, 0.25) is 0 Å². The molecule has 3 aromatic rings. The van der Waals surface area contributed by atoms with Crippen molar-refractivity contribution in [3.8, 4) is 0 Å². The van der Waals surface area contributed by atoms with Gasteiger partial charge in [-0.1, -0.05) is 18.2 Å². The Labute approximate surface area is 242 Å². The summed E-state index contributed by atoms with van der Waals surface area (Å²) < 4.78 is 13.2. The Balaban J connectivity index is 1.37. The van der Waals surface area contributed by atoms with E-state index in [1.165, 1.54) is 5.56 Å². The van der Waals surface area contributed by atoms with Crippen molar-refractivity contribution < 1.29 is 18.6 Å². The van der Waals surface area contributed by atoms with Crippen LogP contribution in [0, 0.1) is 13.8 Å². The van der Waals surface area contributed by atoms with E-state index >= 15 is 0 Å². The molecule has 1 fully saturated rings. The zero-order valence-corrected chi connectivity index (χ0v) is 24.1. The monoisotopic (exact) mass is 570 g/mol.